The van der Waals surface area contributed by atoms with Gasteiger partial charge in [-0.2, -0.15) is 0 Å². The number of nitrogens with zero attached hydrogens (tertiary/aromatic N) is 1. The second kappa shape index (κ2) is 10.5. The van der Waals surface area contributed by atoms with E-state index in [-0.39, 0.29) is 0 Å². The molecule has 0 aliphatic carbocycles. The molecule has 1 rings (SSSR count). The largest absolute Gasteiger partial charge is 0.344 e. The predicted molar refractivity (Wildman–Crippen MR) is 101 cm³/mol. The van der Waals surface area contributed by atoms with Gasteiger partial charge in [0.05, 0.1) is 0 Å². The average molecular weight is 292 g/mol. The Kier molecular flexibility index (Phi) is 11.0. The Hall–Kier alpha value is -1.24. The van der Waals surface area contributed by atoms with Crippen molar-refractivity contribution in [2.75, 3.05) is 0 Å². The molecule has 1 heterocycles. The molecular formula is C20H37N. The fourth-order valence-electron chi connectivity index (χ4n) is 1.81. The molecule has 0 saturated heterocycles. The minimum absolute atomic E-state index is 0.500. The normalized spacial score (nSPS) is 11.2. The Morgan fingerprint density at radius 2 is 1.00 bits per heavy atom. The molecule has 0 bridgehead atoms. The van der Waals surface area contributed by atoms with Gasteiger partial charge in [-0.15, -0.1) is 0 Å². The summed E-state index contributed by atoms with van der Waals surface area (Å²) in [6, 6.07) is 0. The monoisotopic (exact) mass is 291 g/mol. The maximum Gasteiger partial charge on any atom is 0.0437 e. The number of hydrogen-bond acceptors (Lipinski definition) is 0. The van der Waals surface area contributed by atoms with E-state index in [0.29, 0.717) is 5.41 Å². The summed E-state index contributed by atoms with van der Waals surface area (Å²) in [5.74, 6) is 0. The van der Waals surface area contributed by atoms with Gasteiger partial charge in [0.25, 0.3) is 0 Å². The summed E-state index contributed by atoms with van der Waals surface area (Å²) in [5, 5.41) is 0. The highest BCUT2D eigenvalue weighted by Gasteiger charge is 2.09. The Bertz CT molecular complexity index is 410. The number of rotatable bonds is 2. The van der Waals surface area contributed by atoms with Crippen LogP contribution in [0, 0.1) is 19.3 Å². The fourth-order valence-corrected chi connectivity index (χ4v) is 1.81. The number of hydrogen-bond donors (Lipinski definition) is 0. The molecule has 0 fully saturated rings. The van der Waals surface area contributed by atoms with Gasteiger partial charge in [-0.25, -0.2) is 0 Å². The molecular weight excluding hydrogens is 254 g/mol. The van der Waals surface area contributed by atoms with E-state index in [0.717, 1.165) is 0 Å². The smallest absolute Gasteiger partial charge is 0.0437 e. The summed E-state index contributed by atoms with van der Waals surface area (Å²) >= 11 is 0. The predicted octanol–water partition coefficient (Wildman–Crippen LogP) is 6.79. The Labute approximate surface area is 133 Å². The molecule has 122 valence electrons. The van der Waals surface area contributed by atoms with Crippen LogP contribution < -0.4 is 0 Å². The first kappa shape index (κ1) is 22.0. The molecule has 0 atom stereocenters. The zero-order valence-electron chi connectivity index (χ0n) is 16.3. The van der Waals surface area contributed by atoms with E-state index in [1.54, 1.807) is 0 Å². The molecule has 0 amide bonds. The van der Waals surface area contributed by atoms with Crippen molar-refractivity contribution in [2.24, 2.45) is 12.5 Å². The Morgan fingerprint density at radius 3 is 1.19 bits per heavy atom. The van der Waals surface area contributed by atoms with E-state index in [1.165, 1.54) is 22.5 Å². The highest BCUT2D eigenvalue weighted by atomic mass is 15.0. The van der Waals surface area contributed by atoms with Crippen molar-refractivity contribution in [3.05, 3.63) is 34.7 Å². The van der Waals surface area contributed by atoms with Crippen LogP contribution in [0.2, 0.25) is 0 Å². The first-order valence-corrected chi connectivity index (χ1v) is 8.04. The van der Waals surface area contributed by atoms with E-state index in [2.05, 4.69) is 91.3 Å². The summed E-state index contributed by atoms with van der Waals surface area (Å²) in [6.45, 7) is 21.2. The fraction of sp³-hybridized carbons (Fsp3) is 0.600. The molecule has 0 unspecified atom stereocenters. The maximum atomic E-state index is 2.24. The molecule has 0 aromatic carbocycles. The minimum Gasteiger partial charge on any atom is -0.344 e. The first-order chi connectivity index (χ1) is 9.63. The van der Waals surface area contributed by atoms with Crippen molar-refractivity contribution in [1.29, 1.82) is 0 Å². The van der Waals surface area contributed by atoms with Gasteiger partial charge < -0.3 is 4.57 Å². The van der Waals surface area contributed by atoms with E-state index >= 15 is 0 Å². The van der Waals surface area contributed by atoms with E-state index in [4.69, 9.17) is 0 Å². The second-order valence-electron chi connectivity index (χ2n) is 6.58. The molecule has 1 nitrogen and oxygen atoms in total. The zero-order chi connectivity index (χ0) is 17.2. The van der Waals surface area contributed by atoms with Crippen LogP contribution in [0.25, 0.3) is 12.2 Å². The van der Waals surface area contributed by atoms with Crippen molar-refractivity contribution in [2.45, 2.75) is 69.2 Å². The van der Waals surface area contributed by atoms with Crippen LogP contribution >= 0.6 is 0 Å². The van der Waals surface area contributed by atoms with Crippen LogP contribution in [-0.4, -0.2) is 4.57 Å². The van der Waals surface area contributed by atoms with Gasteiger partial charge in [0.2, 0.25) is 0 Å². The molecule has 21 heavy (non-hydrogen) atoms. The third kappa shape index (κ3) is 8.60. The van der Waals surface area contributed by atoms with Crippen molar-refractivity contribution in [3.8, 4) is 0 Å². The molecule has 0 radical (unpaired) electrons. The lowest BCUT2D eigenvalue weighted by Gasteiger charge is -2.05. The number of aromatic nitrogens is 1. The first-order valence-electron chi connectivity index (χ1n) is 8.04. The van der Waals surface area contributed by atoms with Crippen LogP contribution in [0.4, 0.5) is 0 Å². The molecule has 0 spiro atoms. The quantitative estimate of drug-likeness (QED) is 0.565. The molecule has 0 aliphatic heterocycles. The summed E-state index contributed by atoms with van der Waals surface area (Å²) in [7, 11) is 2.12. The molecule has 1 aromatic rings. The standard InChI is InChI=1S/C13H19N.C5H12.C2H6/c1-6-8-12-10(3)11(4)13(9-7-2)14(12)5;1-5(2,3)4;1-2/h6-9H,1-5H3;1-4H3;1-2H3/b8-6-,9-7-;;. The highest BCUT2D eigenvalue weighted by molar-refractivity contribution is 5.62. The van der Waals surface area contributed by atoms with Crippen molar-refractivity contribution in [3.63, 3.8) is 0 Å². The van der Waals surface area contributed by atoms with Gasteiger partial charge in [-0.05, 0) is 56.4 Å². The SMILES string of the molecule is C/C=C\c1c(C)c(C)c(/C=C\C)n1C.CC.CC(C)(C)C. The molecule has 0 saturated carbocycles. The van der Waals surface area contributed by atoms with Gasteiger partial charge in [0.1, 0.15) is 0 Å². The van der Waals surface area contributed by atoms with Crippen LogP contribution in [0.15, 0.2) is 12.2 Å². The van der Waals surface area contributed by atoms with Gasteiger partial charge >= 0.3 is 0 Å². The molecule has 1 heteroatoms. The average Bonchev–Trinajstić information content (AvgIpc) is 2.57. The zero-order valence-corrected chi connectivity index (χ0v) is 16.3. The van der Waals surface area contributed by atoms with Crippen LogP contribution in [0.5, 0.6) is 0 Å². The maximum absolute atomic E-state index is 2.24. The summed E-state index contributed by atoms with van der Waals surface area (Å²) in [5.41, 5.74) is 5.86. The van der Waals surface area contributed by atoms with Crippen LogP contribution in [-0.2, 0) is 7.05 Å². The molecule has 1 aromatic heterocycles. The third-order valence-corrected chi connectivity index (χ3v) is 2.70. The van der Waals surface area contributed by atoms with Crippen LogP contribution in [0.1, 0.15) is 77.9 Å². The van der Waals surface area contributed by atoms with Gasteiger partial charge in [0.15, 0.2) is 0 Å². The minimum atomic E-state index is 0.500. The Morgan fingerprint density at radius 1 is 0.762 bits per heavy atom. The lowest BCUT2D eigenvalue weighted by atomic mass is 10.0. The summed E-state index contributed by atoms with van der Waals surface area (Å²) in [6.07, 6.45) is 8.49. The van der Waals surface area contributed by atoms with Gasteiger partial charge in [-0.3, -0.25) is 0 Å². The summed E-state index contributed by atoms with van der Waals surface area (Å²) < 4.78 is 2.24. The van der Waals surface area contributed by atoms with Crippen molar-refractivity contribution < 1.29 is 0 Å². The van der Waals surface area contributed by atoms with E-state index in [1.807, 2.05) is 13.8 Å². The second-order valence-corrected chi connectivity index (χ2v) is 6.58. The van der Waals surface area contributed by atoms with Crippen LogP contribution in [0.3, 0.4) is 0 Å². The number of allylic oxidation sites excluding steroid dienone is 2. The molecule has 0 aliphatic rings. The van der Waals surface area contributed by atoms with E-state index < -0.39 is 0 Å². The van der Waals surface area contributed by atoms with Gasteiger partial charge in [0, 0.05) is 18.4 Å². The van der Waals surface area contributed by atoms with E-state index in [9.17, 15) is 0 Å². The third-order valence-electron chi connectivity index (χ3n) is 2.70. The van der Waals surface area contributed by atoms with Gasteiger partial charge in [-0.1, -0.05) is 53.7 Å². The summed E-state index contributed by atoms with van der Waals surface area (Å²) in [4.78, 5) is 0. The van der Waals surface area contributed by atoms with Crippen molar-refractivity contribution >= 4 is 12.2 Å². The molecule has 0 N–H and O–H groups in total. The highest BCUT2D eigenvalue weighted by Crippen LogP contribution is 2.22. The van der Waals surface area contributed by atoms with Crippen molar-refractivity contribution in [1.82, 2.24) is 4.57 Å². The lowest BCUT2D eigenvalue weighted by molar-refractivity contribution is 0.469. The Balaban J connectivity index is 0. The lowest BCUT2D eigenvalue weighted by Crippen LogP contribution is -1.94. The topological polar surface area (TPSA) is 4.93 Å².